The highest BCUT2D eigenvalue weighted by molar-refractivity contribution is 6.30. The number of nitriles is 1. The van der Waals surface area contributed by atoms with Crippen LogP contribution < -0.4 is 9.47 Å². The molecule has 0 aliphatic rings. The van der Waals surface area contributed by atoms with Gasteiger partial charge in [-0.3, -0.25) is 0 Å². The number of halogens is 1. The standard InChI is InChI=1S/C26H22ClNO3/c1-16-11-17(2)25(18(3)12-16)26(29)31-23-10-5-19(14-24(23)30-4)13-21(15-28)20-6-8-22(27)9-7-20/h5-14H,1-4H3/b21-13+. The maximum atomic E-state index is 12.8. The number of carbonyl (C=O) groups excluding carboxylic acids is 1. The van der Waals surface area contributed by atoms with Crippen LogP contribution in [0.3, 0.4) is 0 Å². The molecule has 0 fully saturated rings. The molecule has 3 rings (SSSR count). The summed E-state index contributed by atoms with van der Waals surface area (Å²) in [6, 6.07) is 18.3. The summed E-state index contributed by atoms with van der Waals surface area (Å²) < 4.78 is 11.1. The molecule has 0 bridgehead atoms. The zero-order valence-corrected chi connectivity index (χ0v) is 18.6. The molecule has 156 valence electrons. The topological polar surface area (TPSA) is 59.3 Å². The van der Waals surface area contributed by atoms with Crippen molar-refractivity contribution >= 4 is 29.2 Å². The lowest BCUT2D eigenvalue weighted by molar-refractivity contribution is 0.0728. The van der Waals surface area contributed by atoms with Crippen LogP contribution in [0.2, 0.25) is 5.02 Å². The number of carbonyl (C=O) groups is 1. The summed E-state index contributed by atoms with van der Waals surface area (Å²) in [5, 5.41) is 10.2. The van der Waals surface area contributed by atoms with E-state index in [0.29, 0.717) is 27.7 Å². The first-order valence-electron chi connectivity index (χ1n) is 9.68. The zero-order valence-electron chi connectivity index (χ0n) is 17.8. The highest BCUT2D eigenvalue weighted by Crippen LogP contribution is 2.31. The molecule has 5 heteroatoms. The number of rotatable bonds is 5. The van der Waals surface area contributed by atoms with Crippen molar-refractivity contribution in [1.82, 2.24) is 0 Å². The molecule has 0 aliphatic heterocycles. The Morgan fingerprint density at radius 3 is 2.19 bits per heavy atom. The van der Waals surface area contributed by atoms with Crippen LogP contribution in [0.25, 0.3) is 11.6 Å². The monoisotopic (exact) mass is 431 g/mol. The second kappa shape index (κ2) is 9.51. The SMILES string of the molecule is COc1cc(/C=C(\C#N)c2ccc(Cl)cc2)ccc1OC(=O)c1c(C)cc(C)cc1C. The number of hydrogen-bond donors (Lipinski definition) is 0. The summed E-state index contributed by atoms with van der Waals surface area (Å²) >= 11 is 5.93. The molecular weight excluding hydrogens is 410 g/mol. The fourth-order valence-electron chi connectivity index (χ4n) is 3.49. The van der Waals surface area contributed by atoms with E-state index in [1.165, 1.54) is 7.11 Å². The molecule has 3 aromatic rings. The van der Waals surface area contributed by atoms with Crippen LogP contribution in [0.5, 0.6) is 11.5 Å². The molecule has 0 aromatic heterocycles. The Balaban J connectivity index is 1.91. The first-order valence-corrected chi connectivity index (χ1v) is 10.1. The quantitative estimate of drug-likeness (QED) is 0.199. The summed E-state index contributed by atoms with van der Waals surface area (Å²) in [6.07, 6.45) is 1.74. The Labute approximate surface area is 187 Å². The lowest BCUT2D eigenvalue weighted by Crippen LogP contribution is -2.13. The van der Waals surface area contributed by atoms with E-state index in [4.69, 9.17) is 21.1 Å². The minimum absolute atomic E-state index is 0.314. The average molecular weight is 432 g/mol. The Kier molecular flexibility index (Phi) is 6.79. The molecule has 0 heterocycles. The molecule has 0 unspecified atom stereocenters. The zero-order chi connectivity index (χ0) is 22.5. The van der Waals surface area contributed by atoms with Crippen LogP contribution in [0.15, 0.2) is 54.6 Å². The second-order valence-electron chi connectivity index (χ2n) is 7.25. The van der Waals surface area contributed by atoms with E-state index in [0.717, 1.165) is 27.8 Å². The molecule has 0 N–H and O–H groups in total. The van der Waals surface area contributed by atoms with Gasteiger partial charge in [0.05, 0.1) is 24.3 Å². The van der Waals surface area contributed by atoms with Gasteiger partial charge in [-0.05, 0) is 73.4 Å². The van der Waals surface area contributed by atoms with Gasteiger partial charge in [0.25, 0.3) is 0 Å². The Hall–Kier alpha value is -3.55. The number of ether oxygens (including phenoxy) is 2. The van der Waals surface area contributed by atoms with E-state index in [1.807, 2.05) is 32.9 Å². The summed E-state index contributed by atoms with van der Waals surface area (Å²) in [4.78, 5) is 12.8. The van der Waals surface area contributed by atoms with E-state index >= 15 is 0 Å². The maximum Gasteiger partial charge on any atom is 0.344 e. The van der Waals surface area contributed by atoms with Crippen molar-refractivity contribution in [3.63, 3.8) is 0 Å². The lowest BCUT2D eigenvalue weighted by Gasteiger charge is -2.13. The summed E-state index contributed by atoms with van der Waals surface area (Å²) in [7, 11) is 1.51. The Morgan fingerprint density at radius 2 is 1.61 bits per heavy atom. The predicted octanol–water partition coefficient (Wildman–Crippen LogP) is 6.56. The van der Waals surface area contributed by atoms with Crippen LogP contribution in [0.4, 0.5) is 0 Å². The third-order valence-electron chi connectivity index (χ3n) is 4.86. The van der Waals surface area contributed by atoms with Crippen molar-refractivity contribution in [2.45, 2.75) is 20.8 Å². The number of hydrogen-bond acceptors (Lipinski definition) is 4. The number of benzene rings is 3. The third kappa shape index (κ3) is 5.14. The molecule has 0 radical (unpaired) electrons. The molecule has 0 saturated heterocycles. The Morgan fingerprint density at radius 1 is 0.968 bits per heavy atom. The summed E-state index contributed by atoms with van der Waals surface area (Å²) in [6.45, 7) is 5.77. The van der Waals surface area contributed by atoms with Crippen molar-refractivity contribution in [1.29, 1.82) is 5.26 Å². The fraction of sp³-hybridized carbons (Fsp3) is 0.154. The third-order valence-corrected chi connectivity index (χ3v) is 5.11. The number of esters is 1. The molecule has 0 aliphatic carbocycles. The fourth-order valence-corrected chi connectivity index (χ4v) is 3.61. The molecule has 31 heavy (non-hydrogen) atoms. The van der Waals surface area contributed by atoms with Gasteiger partial charge >= 0.3 is 5.97 Å². The van der Waals surface area contributed by atoms with Crippen molar-refractivity contribution < 1.29 is 14.3 Å². The molecule has 0 spiro atoms. The Bertz CT molecular complexity index is 1180. The van der Waals surface area contributed by atoms with Gasteiger partial charge in [-0.15, -0.1) is 0 Å². The van der Waals surface area contributed by atoms with Gasteiger partial charge in [-0.25, -0.2) is 4.79 Å². The highest BCUT2D eigenvalue weighted by atomic mass is 35.5. The molecule has 0 amide bonds. The van der Waals surface area contributed by atoms with Gasteiger partial charge in [0.2, 0.25) is 0 Å². The largest absolute Gasteiger partial charge is 0.493 e. The average Bonchev–Trinajstić information content (AvgIpc) is 2.72. The van der Waals surface area contributed by atoms with Crippen molar-refractivity contribution in [2.75, 3.05) is 7.11 Å². The van der Waals surface area contributed by atoms with Crippen LogP contribution in [-0.4, -0.2) is 13.1 Å². The molecule has 0 saturated carbocycles. The van der Waals surface area contributed by atoms with E-state index in [1.54, 1.807) is 48.5 Å². The normalized spacial score (nSPS) is 11.0. The molecule has 0 atom stereocenters. The highest BCUT2D eigenvalue weighted by Gasteiger charge is 2.17. The molecular formula is C26H22ClNO3. The molecule has 3 aromatic carbocycles. The van der Waals surface area contributed by atoms with Crippen LogP contribution in [0.1, 0.15) is 38.2 Å². The second-order valence-corrected chi connectivity index (χ2v) is 7.69. The van der Waals surface area contributed by atoms with Gasteiger partial charge in [0, 0.05) is 5.02 Å². The molecule has 4 nitrogen and oxygen atoms in total. The van der Waals surface area contributed by atoms with E-state index in [9.17, 15) is 10.1 Å². The first-order chi connectivity index (χ1) is 14.8. The van der Waals surface area contributed by atoms with Gasteiger partial charge in [0.1, 0.15) is 0 Å². The maximum absolute atomic E-state index is 12.8. The van der Waals surface area contributed by atoms with E-state index in [-0.39, 0.29) is 0 Å². The lowest BCUT2D eigenvalue weighted by atomic mass is 10.00. The minimum Gasteiger partial charge on any atom is -0.493 e. The smallest absolute Gasteiger partial charge is 0.344 e. The van der Waals surface area contributed by atoms with Gasteiger partial charge < -0.3 is 9.47 Å². The van der Waals surface area contributed by atoms with Crippen molar-refractivity contribution in [3.05, 3.63) is 93.0 Å². The number of methoxy groups -OCH3 is 1. The van der Waals surface area contributed by atoms with E-state index in [2.05, 4.69) is 6.07 Å². The number of allylic oxidation sites excluding steroid dienone is 1. The first kappa shape index (κ1) is 22.1. The number of nitrogens with zero attached hydrogens (tertiary/aromatic N) is 1. The van der Waals surface area contributed by atoms with Crippen LogP contribution >= 0.6 is 11.6 Å². The van der Waals surface area contributed by atoms with Gasteiger partial charge in [-0.2, -0.15) is 5.26 Å². The van der Waals surface area contributed by atoms with Crippen molar-refractivity contribution in [2.24, 2.45) is 0 Å². The minimum atomic E-state index is -0.435. The summed E-state index contributed by atoms with van der Waals surface area (Å²) in [5.41, 5.74) is 5.34. The predicted molar refractivity (Wildman–Crippen MR) is 124 cm³/mol. The van der Waals surface area contributed by atoms with Crippen LogP contribution in [0, 0.1) is 32.1 Å². The van der Waals surface area contributed by atoms with Crippen molar-refractivity contribution in [3.8, 4) is 17.6 Å². The van der Waals surface area contributed by atoms with Crippen LogP contribution in [-0.2, 0) is 0 Å². The summed E-state index contributed by atoms with van der Waals surface area (Å²) in [5.74, 6) is 0.280. The van der Waals surface area contributed by atoms with Gasteiger partial charge in [0.15, 0.2) is 11.5 Å². The number of aryl methyl sites for hydroxylation is 3. The van der Waals surface area contributed by atoms with E-state index < -0.39 is 5.97 Å². The van der Waals surface area contributed by atoms with Gasteiger partial charge in [-0.1, -0.05) is 47.5 Å².